The van der Waals surface area contributed by atoms with Crippen LogP contribution in [0.1, 0.15) is 12.8 Å². The number of halogens is 1. The number of nitrogens with zero attached hydrogens (tertiary/aromatic N) is 3. The lowest BCUT2D eigenvalue weighted by Crippen LogP contribution is -2.53. The van der Waals surface area contributed by atoms with E-state index in [2.05, 4.69) is 24.6 Å². The molecule has 2 aromatic heterocycles. The minimum atomic E-state index is -3.64. The summed E-state index contributed by atoms with van der Waals surface area (Å²) in [6.45, 7) is 0. The summed E-state index contributed by atoms with van der Waals surface area (Å²) in [7, 11) is -1.69. The van der Waals surface area contributed by atoms with Crippen LogP contribution in [0.3, 0.4) is 0 Å². The molecule has 1 aliphatic rings. The van der Waals surface area contributed by atoms with Crippen molar-refractivity contribution in [1.29, 1.82) is 0 Å². The van der Waals surface area contributed by atoms with E-state index < -0.39 is 15.8 Å². The van der Waals surface area contributed by atoms with Crippen molar-refractivity contribution in [1.82, 2.24) is 19.7 Å². The summed E-state index contributed by atoms with van der Waals surface area (Å²) in [6, 6.07) is 6.78. The molecule has 0 spiro atoms. The predicted octanol–water partition coefficient (Wildman–Crippen LogP) is 2.04. The molecule has 0 unspecified atom stereocenters. The third kappa shape index (κ3) is 3.04. The molecule has 0 atom stereocenters. The Morgan fingerprint density at radius 1 is 1.19 bits per heavy atom. The molecule has 7 nitrogen and oxygen atoms in total. The average molecular weight is 375 g/mol. The molecule has 2 N–H and O–H groups in total. The third-order valence-electron chi connectivity index (χ3n) is 4.77. The standard InChI is InChI=1S/C17H18FN5O2S/c1-23(17-15-6-7-19-16(15)20-10-21-17)13-8-12(9-13)22-26(24,25)14-4-2-11(18)3-5-14/h2-7,10,12-13,22H,8-9H2,1H3,(H,19,20,21). The summed E-state index contributed by atoms with van der Waals surface area (Å²) < 4.78 is 40.4. The van der Waals surface area contributed by atoms with Crippen LogP contribution in [-0.4, -0.2) is 42.5 Å². The molecule has 1 aliphatic carbocycles. The number of fused-ring (bicyclic) bond motifs is 1. The molecule has 9 heteroatoms. The van der Waals surface area contributed by atoms with Crippen molar-refractivity contribution in [2.45, 2.75) is 29.8 Å². The highest BCUT2D eigenvalue weighted by molar-refractivity contribution is 7.89. The second kappa shape index (κ2) is 6.33. The van der Waals surface area contributed by atoms with Crippen LogP contribution >= 0.6 is 0 Å². The van der Waals surface area contributed by atoms with Gasteiger partial charge in [-0.05, 0) is 43.2 Å². The second-order valence-corrected chi connectivity index (χ2v) is 8.16. The normalized spacial score (nSPS) is 20.1. The van der Waals surface area contributed by atoms with Crippen molar-refractivity contribution in [2.75, 3.05) is 11.9 Å². The van der Waals surface area contributed by atoms with Gasteiger partial charge in [0.15, 0.2) is 0 Å². The molecule has 1 fully saturated rings. The number of hydrogen-bond donors (Lipinski definition) is 2. The first kappa shape index (κ1) is 16.9. The maximum absolute atomic E-state index is 13.0. The molecule has 1 aromatic carbocycles. The summed E-state index contributed by atoms with van der Waals surface area (Å²) in [5, 5.41) is 0.936. The maximum atomic E-state index is 13.0. The molecule has 0 bridgehead atoms. The van der Waals surface area contributed by atoms with Gasteiger partial charge in [0.2, 0.25) is 10.0 Å². The smallest absolute Gasteiger partial charge is 0.240 e. The number of benzene rings is 1. The van der Waals surface area contributed by atoms with Crippen molar-refractivity contribution >= 4 is 26.9 Å². The number of aromatic amines is 1. The van der Waals surface area contributed by atoms with E-state index >= 15 is 0 Å². The molecule has 4 rings (SSSR count). The van der Waals surface area contributed by atoms with E-state index in [1.807, 2.05) is 19.3 Å². The van der Waals surface area contributed by atoms with E-state index in [9.17, 15) is 12.8 Å². The number of nitrogens with one attached hydrogen (secondary N) is 2. The lowest BCUT2D eigenvalue weighted by atomic mass is 9.86. The van der Waals surface area contributed by atoms with Crippen LogP contribution in [-0.2, 0) is 10.0 Å². The molecule has 1 saturated carbocycles. The van der Waals surface area contributed by atoms with Crippen LogP contribution in [0.25, 0.3) is 11.0 Å². The number of sulfonamides is 1. The van der Waals surface area contributed by atoms with Gasteiger partial charge in [-0.3, -0.25) is 0 Å². The topological polar surface area (TPSA) is 91.0 Å². The van der Waals surface area contributed by atoms with E-state index in [1.165, 1.54) is 18.5 Å². The number of aromatic nitrogens is 3. The van der Waals surface area contributed by atoms with Crippen LogP contribution in [0, 0.1) is 5.82 Å². The highest BCUT2D eigenvalue weighted by Crippen LogP contribution is 2.31. The van der Waals surface area contributed by atoms with E-state index in [0.29, 0.717) is 12.8 Å². The Kier molecular flexibility index (Phi) is 4.12. The molecule has 136 valence electrons. The summed E-state index contributed by atoms with van der Waals surface area (Å²) in [5.41, 5.74) is 0.773. The molecule has 0 saturated heterocycles. The van der Waals surface area contributed by atoms with Crippen molar-refractivity contribution < 1.29 is 12.8 Å². The fourth-order valence-corrected chi connectivity index (χ4v) is 4.48. The van der Waals surface area contributed by atoms with E-state index in [0.717, 1.165) is 29.0 Å². The van der Waals surface area contributed by atoms with Crippen molar-refractivity contribution in [2.24, 2.45) is 0 Å². The van der Waals surface area contributed by atoms with Crippen LogP contribution in [0.2, 0.25) is 0 Å². The monoisotopic (exact) mass is 375 g/mol. The van der Waals surface area contributed by atoms with E-state index in [-0.39, 0.29) is 17.0 Å². The van der Waals surface area contributed by atoms with Gasteiger partial charge in [-0.15, -0.1) is 0 Å². The average Bonchev–Trinajstić information content (AvgIpc) is 3.06. The van der Waals surface area contributed by atoms with E-state index in [1.54, 1.807) is 0 Å². The Labute approximate surface area is 150 Å². The lowest BCUT2D eigenvalue weighted by molar-refractivity contribution is 0.316. The van der Waals surface area contributed by atoms with Gasteiger partial charge in [0.1, 0.15) is 23.6 Å². The highest BCUT2D eigenvalue weighted by atomic mass is 32.2. The Bertz CT molecular complexity index is 1030. The van der Waals surface area contributed by atoms with Gasteiger partial charge in [-0.1, -0.05) is 0 Å². The molecular weight excluding hydrogens is 357 g/mol. The number of rotatable bonds is 5. The predicted molar refractivity (Wildman–Crippen MR) is 95.8 cm³/mol. The zero-order chi connectivity index (χ0) is 18.3. The van der Waals surface area contributed by atoms with Crippen LogP contribution in [0.5, 0.6) is 0 Å². The minimum Gasteiger partial charge on any atom is -0.356 e. The quantitative estimate of drug-likeness (QED) is 0.712. The highest BCUT2D eigenvalue weighted by Gasteiger charge is 2.36. The van der Waals surface area contributed by atoms with Gasteiger partial charge in [0, 0.05) is 25.3 Å². The van der Waals surface area contributed by atoms with Gasteiger partial charge in [0.25, 0.3) is 0 Å². The molecule has 2 heterocycles. The fourth-order valence-electron chi connectivity index (χ4n) is 3.21. The van der Waals surface area contributed by atoms with Crippen molar-refractivity contribution in [3.63, 3.8) is 0 Å². The van der Waals surface area contributed by atoms with Crippen LogP contribution < -0.4 is 9.62 Å². The third-order valence-corrected chi connectivity index (χ3v) is 6.31. The molecular formula is C17H18FN5O2S. The van der Waals surface area contributed by atoms with Gasteiger partial charge in [-0.2, -0.15) is 0 Å². The first-order valence-electron chi connectivity index (χ1n) is 8.23. The van der Waals surface area contributed by atoms with Crippen LogP contribution in [0.4, 0.5) is 10.2 Å². The Morgan fingerprint density at radius 3 is 2.65 bits per heavy atom. The second-order valence-electron chi connectivity index (χ2n) is 6.45. The summed E-state index contributed by atoms with van der Waals surface area (Å²) in [4.78, 5) is 13.7. The number of hydrogen-bond acceptors (Lipinski definition) is 5. The zero-order valence-corrected chi connectivity index (χ0v) is 14.9. The molecule has 26 heavy (non-hydrogen) atoms. The Hall–Kier alpha value is -2.52. The molecule has 3 aromatic rings. The first-order valence-corrected chi connectivity index (χ1v) is 9.71. The number of H-pyrrole nitrogens is 1. The Morgan fingerprint density at radius 2 is 1.92 bits per heavy atom. The van der Waals surface area contributed by atoms with Gasteiger partial charge >= 0.3 is 0 Å². The largest absolute Gasteiger partial charge is 0.356 e. The summed E-state index contributed by atoms with van der Waals surface area (Å²) in [6.07, 6.45) is 4.68. The van der Waals surface area contributed by atoms with Crippen LogP contribution in [0.15, 0.2) is 47.8 Å². The van der Waals surface area contributed by atoms with Crippen molar-refractivity contribution in [3.05, 3.63) is 48.7 Å². The molecule has 0 amide bonds. The maximum Gasteiger partial charge on any atom is 0.240 e. The summed E-state index contributed by atoms with van der Waals surface area (Å²) in [5.74, 6) is 0.358. The van der Waals surface area contributed by atoms with E-state index in [4.69, 9.17) is 0 Å². The fraction of sp³-hybridized carbons (Fsp3) is 0.294. The minimum absolute atomic E-state index is 0.0699. The van der Waals surface area contributed by atoms with Gasteiger partial charge < -0.3 is 9.88 Å². The summed E-state index contributed by atoms with van der Waals surface area (Å²) >= 11 is 0. The number of anilines is 1. The lowest BCUT2D eigenvalue weighted by Gasteiger charge is -2.41. The zero-order valence-electron chi connectivity index (χ0n) is 14.1. The van der Waals surface area contributed by atoms with Crippen molar-refractivity contribution in [3.8, 4) is 0 Å². The molecule has 0 aliphatic heterocycles. The van der Waals surface area contributed by atoms with Gasteiger partial charge in [-0.25, -0.2) is 27.5 Å². The first-order chi connectivity index (χ1) is 12.4. The Balaban J connectivity index is 1.42. The molecule has 0 radical (unpaired) electrons. The SMILES string of the molecule is CN(c1ncnc2[nH]ccc12)C1CC(NS(=O)(=O)c2ccc(F)cc2)C1. The van der Waals surface area contributed by atoms with Gasteiger partial charge in [0.05, 0.1) is 10.3 Å².